The molecule has 1 heterocycles. The van der Waals surface area contributed by atoms with Crippen LogP contribution in [-0.4, -0.2) is 37.5 Å². The molecule has 2 aromatic rings. The molecule has 0 spiro atoms. The van der Waals surface area contributed by atoms with Crippen LogP contribution in [-0.2, 0) is 35.8 Å². The number of nitrogens with zero attached hydrogens (tertiary/aromatic N) is 3. The summed E-state index contributed by atoms with van der Waals surface area (Å²) in [6.45, 7) is 6.96. The highest BCUT2D eigenvalue weighted by Crippen LogP contribution is 2.23. The van der Waals surface area contributed by atoms with Gasteiger partial charge in [-0.15, -0.1) is 24.8 Å². The standard InChI is InChI=1S/C19H30N4O2S.2ClH/c1-6-18-17(19(7-2)23(21-18)13-14(3)20)12-15-8-10-16(11-9-15)22(4)26(5,24)25;;/h8-11,14H,6-7,12-13,20H2,1-5H3;2*1H/t14-;;/m0../s1. The Kier molecular flexibility index (Phi) is 10.5. The molecule has 1 aromatic carbocycles. The van der Waals surface area contributed by atoms with E-state index in [1.165, 1.54) is 21.8 Å². The number of hydrogen-bond donors (Lipinski definition) is 1. The van der Waals surface area contributed by atoms with Gasteiger partial charge in [-0.3, -0.25) is 8.99 Å². The SMILES string of the molecule is CCc1nn(C[C@H](C)N)c(CC)c1Cc1ccc(N(C)S(C)(=O)=O)cc1.Cl.Cl. The molecule has 6 nitrogen and oxygen atoms in total. The van der Waals surface area contributed by atoms with Crippen LogP contribution in [0.2, 0.25) is 0 Å². The number of aryl methyl sites for hydroxylation is 1. The van der Waals surface area contributed by atoms with Crippen LogP contribution in [0.5, 0.6) is 0 Å². The van der Waals surface area contributed by atoms with Gasteiger partial charge in [0.15, 0.2) is 0 Å². The van der Waals surface area contributed by atoms with Crippen LogP contribution >= 0.6 is 24.8 Å². The Morgan fingerprint density at radius 2 is 1.71 bits per heavy atom. The first-order valence-corrected chi connectivity index (χ1v) is 10.9. The molecule has 0 aliphatic carbocycles. The minimum Gasteiger partial charge on any atom is -0.326 e. The van der Waals surface area contributed by atoms with Crippen molar-refractivity contribution in [3.63, 3.8) is 0 Å². The Balaban J connectivity index is 0.00000364. The second-order valence-electron chi connectivity index (χ2n) is 6.81. The fourth-order valence-corrected chi connectivity index (χ4v) is 3.62. The number of sulfonamides is 1. The van der Waals surface area contributed by atoms with Crippen LogP contribution in [0.3, 0.4) is 0 Å². The van der Waals surface area contributed by atoms with Gasteiger partial charge in [-0.25, -0.2) is 8.42 Å². The highest BCUT2D eigenvalue weighted by molar-refractivity contribution is 7.92. The second-order valence-corrected chi connectivity index (χ2v) is 8.83. The zero-order valence-electron chi connectivity index (χ0n) is 17.2. The highest BCUT2D eigenvalue weighted by atomic mass is 35.5. The van der Waals surface area contributed by atoms with Crippen LogP contribution in [0.1, 0.15) is 43.3 Å². The van der Waals surface area contributed by atoms with Gasteiger partial charge >= 0.3 is 0 Å². The third-order valence-electron chi connectivity index (χ3n) is 4.56. The van der Waals surface area contributed by atoms with Crippen molar-refractivity contribution in [2.24, 2.45) is 5.73 Å². The molecule has 0 radical (unpaired) electrons. The number of halogens is 2. The minimum absolute atomic E-state index is 0. The average Bonchev–Trinajstić information content (AvgIpc) is 2.89. The van der Waals surface area contributed by atoms with Crippen LogP contribution in [0.4, 0.5) is 5.69 Å². The first-order chi connectivity index (χ1) is 12.2. The molecular formula is C19H32Cl2N4O2S. The maximum absolute atomic E-state index is 11.7. The van der Waals surface area contributed by atoms with E-state index in [1.807, 2.05) is 35.9 Å². The Labute approximate surface area is 181 Å². The number of nitrogens with two attached hydrogens (primary N) is 1. The smallest absolute Gasteiger partial charge is 0.231 e. The van der Waals surface area contributed by atoms with Gasteiger partial charge in [-0.1, -0.05) is 26.0 Å². The van der Waals surface area contributed by atoms with Gasteiger partial charge < -0.3 is 5.73 Å². The summed E-state index contributed by atoms with van der Waals surface area (Å²) < 4.78 is 26.7. The summed E-state index contributed by atoms with van der Waals surface area (Å²) in [5.74, 6) is 0. The summed E-state index contributed by atoms with van der Waals surface area (Å²) in [4.78, 5) is 0. The topological polar surface area (TPSA) is 81.2 Å². The molecule has 2 rings (SSSR count). The molecule has 160 valence electrons. The molecule has 0 saturated carbocycles. The number of anilines is 1. The highest BCUT2D eigenvalue weighted by Gasteiger charge is 2.17. The molecule has 0 saturated heterocycles. The molecule has 0 bridgehead atoms. The van der Waals surface area contributed by atoms with Gasteiger partial charge in [0.2, 0.25) is 10.0 Å². The predicted molar refractivity (Wildman–Crippen MR) is 122 cm³/mol. The van der Waals surface area contributed by atoms with Crippen molar-refractivity contribution in [1.29, 1.82) is 0 Å². The van der Waals surface area contributed by atoms with Crippen molar-refractivity contribution in [1.82, 2.24) is 9.78 Å². The fourth-order valence-electron chi connectivity index (χ4n) is 3.12. The Hall–Kier alpha value is -1.28. The van der Waals surface area contributed by atoms with E-state index in [4.69, 9.17) is 10.8 Å². The van der Waals surface area contributed by atoms with E-state index in [1.54, 1.807) is 7.05 Å². The lowest BCUT2D eigenvalue weighted by Crippen LogP contribution is -2.24. The average molecular weight is 451 g/mol. The van der Waals surface area contributed by atoms with E-state index in [0.717, 1.165) is 30.5 Å². The number of aromatic nitrogens is 2. The van der Waals surface area contributed by atoms with Crippen molar-refractivity contribution < 1.29 is 8.42 Å². The number of benzene rings is 1. The molecule has 0 aliphatic heterocycles. The first kappa shape index (κ1) is 26.7. The fraction of sp³-hybridized carbons (Fsp3) is 0.526. The quantitative estimate of drug-likeness (QED) is 0.669. The first-order valence-electron chi connectivity index (χ1n) is 9.03. The van der Waals surface area contributed by atoms with Crippen molar-refractivity contribution >= 4 is 40.5 Å². The Bertz CT molecular complexity index is 850. The van der Waals surface area contributed by atoms with Crippen molar-refractivity contribution in [2.75, 3.05) is 17.6 Å². The molecule has 9 heteroatoms. The molecule has 0 aliphatic rings. The van der Waals surface area contributed by atoms with Crippen LogP contribution in [0.25, 0.3) is 0 Å². The number of rotatable bonds is 8. The predicted octanol–water partition coefficient (Wildman–Crippen LogP) is 3.19. The lowest BCUT2D eigenvalue weighted by atomic mass is 10.00. The Morgan fingerprint density at radius 3 is 2.14 bits per heavy atom. The molecule has 28 heavy (non-hydrogen) atoms. The van der Waals surface area contributed by atoms with E-state index in [0.29, 0.717) is 12.2 Å². The molecule has 2 N–H and O–H groups in total. The molecule has 1 aromatic heterocycles. The summed E-state index contributed by atoms with van der Waals surface area (Å²) in [6.07, 6.45) is 3.77. The second kappa shape index (κ2) is 11.0. The van der Waals surface area contributed by atoms with Gasteiger partial charge in [-0.2, -0.15) is 5.10 Å². The largest absolute Gasteiger partial charge is 0.326 e. The summed E-state index contributed by atoms with van der Waals surface area (Å²) in [5.41, 5.74) is 11.4. The third kappa shape index (κ3) is 6.37. The van der Waals surface area contributed by atoms with Gasteiger partial charge in [-0.05, 0) is 37.5 Å². The maximum Gasteiger partial charge on any atom is 0.231 e. The van der Waals surface area contributed by atoms with E-state index in [-0.39, 0.29) is 30.9 Å². The van der Waals surface area contributed by atoms with E-state index < -0.39 is 10.0 Å². The molecule has 1 atom stereocenters. The molecule has 0 unspecified atom stereocenters. The van der Waals surface area contributed by atoms with E-state index >= 15 is 0 Å². The van der Waals surface area contributed by atoms with Crippen LogP contribution < -0.4 is 10.0 Å². The maximum atomic E-state index is 11.7. The van der Waals surface area contributed by atoms with Gasteiger partial charge in [0, 0.05) is 30.8 Å². The molecule has 0 amide bonds. The van der Waals surface area contributed by atoms with Crippen LogP contribution in [0.15, 0.2) is 24.3 Å². The molecule has 0 fully saturated rings. The Morgan fingerprint density at radius 1 is 1.14 bits per heavy atom. The van der Waals surface area contributed by atoms with Gasteiger partial charge in [0.05, 0.1) is 24.2 Å². The third-order valence-corrected chi connectivity index (χ3v) is 5.76. The van der Waals surface area contributed by atoms with Crippen molar-refractivity contribution in [3.8, 4) is 0 Å². The number of hydrogen-bond acceptors (Lipinski definition) is 4. The van der Waals surface area contributed by atoms with E-state index in [9.17, 15) is 8.42 Å². The minimum atomic E-state index is -3.25. The molecular weight excluding hydrogens is 419 g/mol. The van der Waals surface area contributed by atoms with Crippen LogP contribution in [0, 0.1) is 0 Å². The summed E-state index contributed by atoms with van der Waals surface area (Å²) in [7, 11) is -1.69. The summed E-state index contributed by atoms with van der Waals surface area (Å²) in [5, 5.41) is 4.76. The monoisotopic (exact) mass is 450 g/mol. The summed E-state index contributed by atoms with van der Waals surface area (Å²) in [6, 6.07) is 7.72. The van der Waals surface area contributed by atoms with Gasteiger partial charge in [0.1, 0.15) is 0 Å². The van der Waals surface area contributed by atoms with Crippen molar-refractivity contribution in [2.45, 2.75) is 52.6 Å². The summed E-state index contributed by atoms with van der Waals surface area (Å²) >= 11 is 0. The zero-order chi connectivity index (χ0) is 19.5. The van der Waals surface area contributed by atoms with E-state index in [2.05, 4.69) is 13.8 Å². The zero-order valence-corrected chi connectivity index (χ0v) is 19.6. The normalized spacial score (nSPS) is 12.1. The lowest BCUT2D eigenvalue weighted by molar-refractivity contribution is 0.517. The lowest BCUT2D eigenvalue weighted by Gasteiger charge is -2.17. The van der Waals surface area contributed by atoms with Crippen molar-refractivity contribution in [3.05, 3.63) is 46.8 Å². The van der Waals surface area contributed by atoms with Gasteiger partial charge in [0.25, 0.3) is 0 Å².